The van der Waals surface area contributed by atoms with E-state index in [1.165, 1.54) is 0 Å². The third-order valence-electron chi connectivity index (χ3n) is 1.59. The van der Waals surface area contributed by atoms with E-state index < -0.39 is 24.1 Å². The molecule has 0 aromatic rings. The van der Waals surface area contributed by atoms with Crippen LogP contribution in [-0.2, 0) is 4.79 Å². The highest BCUT2D eigenvalue weighted by molar-refractivity contribution is 6.00. The summed E-state index contributed by atoms with van der Waals surface area (Å²) in [5, 5.41) is 26.5. The van der Waals surface area contributed by atoms with Crippen molar-refractivity contribution in [1.29, 1.82) is 0 Å². The molecular weight excluding hydrogens is 136 g/mol. The highest BCUT2D eigenvalue weighted by Crippen LogP contribution is 2.19. The van der Waals surface area contributed by atoms with Crippen LogP contribution in [0.5, 0.6) is 0 Å². The zero-order valence-corrected chi connectivity index (χ0v) is 5.19. The van der Waals surface area contributed by atoms with Gasteiger partial charge in [-0.05, 0) is 12.2 Å². The molecule has 0 spiro atoms. The van der Waals surface area contributed by atoms with E-state index >= 15 is 0 Å². The largest absolute Gasteiger partial charge is 0.393 e. The summed E-state index contributed by atoms with van der Waals surface area (Å²) in [4.78, 5) is 10.7. The first-order valence-electron chi connectivity index (χ1n) is 2.85. The Morgan fingerprint density at radius 2 is 2.30 bits per heavy atom. The lowest BCUT2D eigenvalue weighted by molar-refractivity contribution is -0.144. The molecule has 0 aromatic heterocycles. The van der Waals surface area contributed by atoms with Gasteiger partial charge in [-0.2, -0.15) is 0 Å². The Hall–Kier alpha value is -0.710. The Morgan fingerprint density at radius 3 is 2.50 bits per heavy atom. The van der Waals surface area contributed by atoms with Crippen LogP contribution in [0.2, 0.25) is 0 Å². The normalized spacial score (nSPS) is 39.1. The van der Waals surface area contributed by atoms with E-state index in [1.807, 2.05) is 0 Å². The summed E-state index contributed by atoms with van der Waals surface area (Å²) >= 11 is 0. The number of rotatable bonds is 1. The minimum absolute atomic E-state index is 0.650. The van der Waals surface area contributed by atoms with Gasteiger partial charge in [-0.15, -0.1) is 0 Å². The fourth-order valence-corrected chi connectivity index (χ4v) is 0.799. The van der Waals surface area contributed by atoms with Crippen molar-refractivity contribution in [3.63, 3.8) is 0 Å². The van der Waals surface area contributed by atoms with Crippen LogP contribution in [0.4, 0.5) is 0 Å². The summed E-state index contributed by atoms with van der Waals surface area (Å²) in [5.41, 5.74) is -1.99. The van der Waals surface area contributed by atoms with Gasteiger partial charge in [0.1, 0.15) is 6.10 Å². The predicted molar refractivity (Wildman–Crippen MR) is 32.2 cm³/mol. The molecule has 2 atom stereocenters. The van der Waals surface area contributed by atoms with Crippen molar-refractivity contribution in [3.05, 3.63) is 12.2 Å². The van der Waals surface area contributed by atoms with Crippen molar-refractivity contribution in [2.24, 2.45) is 0 Å². The molecule has 1 aliphatic rings. The highest BCUT2D eigenvalue weighted by atomic mass is 16.4. The first kappa shape index (κ1) is 7.40. The zero-order chi connectivity index (χ0) is 7.78. The third kappa shape index (κ3) is 0.775. The lowest BCUT2D eigenvalue weighted by Crippen LogP contribution is -2.47. The minimum atomic E-state index is -1.99. The van der Waals surface area contributed by atoms with E-state index in [-0.39, 0.29) is 0 Å². The van der Waals surface area contributed by atoms with Gasteiger partial charge in [-0.25, -0.2) is 0 Å². The van der Waals surface area contributed by atoms with Gasteiger partial charge >= 0.3 is 0 Å². The molecule has 0 fully saturated rings. The summed E-state index contributed by atoms with van der Waals surface area (Å²) < 4.78 is 0. The quantitative estimate of drug-likeness (QED) is 0.406. The van der Waals surface area contributed by atoms with Gasteiger partial charge in [-0.3, -0.25) is 4.79 Å². The number of aliphatic hydroxyl groups is 3. The van der Waals surface area contributed by atoms with Crippen LogP contribution in [-0.4, -0.2) is 39.4 Å². The second-order valence-electron chi connectivity index (χ2n) is 2.25. The van der Waals surface area contributed by atoms with E-state index in [0.29, 0.717) is 0 Å². The lowest BCUT2D eigenvalue weighted by Gasteiger charge is -2.21. The first-order chi connectivity index (χ1) is 4.61. The number of ketones is 1. The molecule has 0 radical (unpaired) electrons. The average molecular weight is 144 g/mol. The Kier molecular flexibility index (Phi) is 1.60. The van der Waals surface area contributed by atoms with Crippen LogP contribution in [0.3, 0.4) is 0 Å². The van der Waals surface area contributed by atoms with Crippen molar-refractivity contribution >= 4 is 5.78 Å². The maximum absolute atomic E-state index is 10.7. The minimum Gasteiger partial charge on any atom is -0.393 e. The van der Waals surface area contributed by atoms with E-state index in [0.717, 1.165) is 12.2 Å². The second kappa shape index (κ2) is 2.16. The van der Waals surface area contributed by atoms with Gasteiger partial charge in [0.05, 0.1) is 6.61 Å². The maximum Gasteiger partial charge on any atom is 0.192 e. The summed E-state index contributed by atoms with van der Waals surface area (Å²) in [6, 6.07) is 0. The van der Waals surface area contributed by atoms with E-state index in [1.54, 1.807) is 0 Å². The van der Waals surface area contributed by atoms with Gasteiger partial charge in [0.15, 0.2) is 11.4 Å². The molecule has 0 saturated carbocycles. The van der Waals surface area contributed by atoms with Gasteiger partial charge in [-0.1, -0.05) is 0 Å². The molecule has 1 aliphatic carbocycles. The van der Waals surface area contributed by atoms with E-state index in [4.69, 9.17) is 15.3 Å². The average Bonchev–Trinajstić information content (AvgIpc) is 2.18. The highest BCUT2D eigenvalue weighted by Gasteiger charge is 2.43. The van der Waals surface area contributed by atoms with Crippen LogP contribution in [0.15, 0.2) is 12.2 Å². The number of hydrogen-bond acceptors (Lipinski definition) is 4. The molecule has 0 aromatic carbocycles. The van der Waals surface area contributed by atoms with Crippen molar-refractivity contribution < 1.29 is 20.1 Å². The molecule has 56 valence electrons. The third-order valence-corrected chi connectivity index (χ3v) is 1.59. The smallest absolute Gasteiger partial charge is 0.192 e. The van der Waals surface area contributed by atoms with Crippen molar-refractivity contribution in [3.8, 4) is 0 Å². The first-order valence-corrected chi connectivity index (χ1v) is 2.85. The molecule has 0 aliphatic heterocycles. The van der Waals surface area contributed by atoms with E-state index in [2.05, 4.69) is 0 Å². The number of hydrogen-bond donors (Lipinski definition) is 3. The van der Waals surface area contributed by atoms with E-state index in [9.17, 15) is 4.79 Å². The Bertz CT molecular complexity index is 186. The molecule has 1 rings (SSSR count). The summed E-state index contributed by atoms with van der Waals surface area (Å²) in [6.07, 6.45) is 0.935. The number of carbonyl (C=O) groups is 1. The molecule has 0 bridgehead atoms. The fourth-order valence-electron chi connectivity index (χ4n) is 0.799. The fraction of sp³-hybridized carbons (Fsp3) is 0.500. The van der Waals surface area contributed by atoms with Crippen LogP contribution in [0.25, 0.3) is 0 Å². The van der Waals surface area contributed by atoms with Gasteiger partial charge in [0.25, 0.3) is 0 Å². The maximum atomic E-state index is 10.7. The molecule has 0 heterocycles. The SMILES string of the molecule is O=C1C=CC(O)C1(O)CO. The van der Waals surface area contributed by atoms with Crippen LogP contribution in [0, 0.1) is 0 Å². The summed E-state index contributed by atoms with van der Waals surface area (Å²) in [5.74, 6) is -0.650. The van der Waals surface area contributed by atoms with Crippen LogP contribution in [0.1, 0.15) is 0 Å². The molecule has 0 saturated heterocycles. The molecular formula is C6H8O4. The summed E-state index contributed by atoms with van der Waals surface area (Å²) in [6.45, 7) is -0.750. The molecule has 10 heavy (non-hydrogen) atoms. The van der Waals surface area contributed by atoms with Crippen LogP contribution >= 0.6 is 0 Å². The van der Waals surface area contributed by atoms with Crippen molar-refractivity contribution in [2.75, 3.05) is 6.61 Å². The topological polar surface area (TPSA) is 77.8 Å². The molecule has 3 N–H and O–H groups in total. The number of carbonyl (C=O) groups excluding carboxylic acids is 1. The zero-order valence-electron chi connectivity index (χ0n) is 5.19. The predicted octanol–water partition coefficient (Wildman–Crippen LogP) is -1.79. The van der Waals surface area contributed by atoms with Gasteiger partial charge < -0.3 is 15.3 Å². The van der Waals surface area contributed by atoms with Crippen LogP contribution < -0.4 is 0 Å². The lowest BCUT2D eigenvalue weighted by atomic mass is 9.99. The molecule has 4 heteroatoms. The Labute approximate surface area is 57.4 Å². The van der Waals surface area contributed by atoms with Crippen molar-refractivity contribution in [1.82, 2.24) is 0 Å². The molecule has 0 amide bonds. The Balaban J connectivity index is 2.87. The number of aliphatic hydroxyl groups excluding tert-OH is 2. The Morgan fingerprint density at radius 1 is 1.70 bits per heavy atom. The van der Waals surface area contributed by atoms with Gasteiger partial charge in [0, 0.05) is 0 Å². The van der Waals surface area contributed by atoms with Crippen molar-refractivity contribution in [2.45, 2.75) is 11.7 Å². The molecule has 4 nitrogen and oxygen atoms in total. The van der Waals surface area contributed by atoms with Gasteiger partial charge in [0.2, 0.25) is 0 Å². The standard InChI is InChI=1S/C6H8O4/c7-3-6(10)4(8)1-2-5(6)9/h1-2,4,7-8,10H,3H2. The monoisotopic (exact) mass is 144 g/mol. The second-order valence-corrected chi connectivity index (χ2v) is 2.25. The molecule has 2 unspecified atom stereocenters. The summed E-state index contributed by atoms with van der Waals surface area (Å²) in [7, 11) is 0.